The van der Waals surface area contributed by atoms with Gasteiger partial charge in [0.15, 0.2) is 0 Å². The molecule has 2 bridgehead atoms. The number of benzene rings is 1. The van der Waals surface area contributed by atoms with Crippen LogP contribution < -0.4 is 10.6 Å². The Bertz CT molecular complexity index is 1050. The van der Waals surface area contributed by atoms with Crippen LogP contribution in [0.2, 0.25) is 0 Å². The molecule has 1 aromatic heterocycles. The fraction of sp³-hybridized carbons (Fsp3) is 0.536. The maximum atomic E-state index is 13.4. The number of fused-ring (bicyclic) bond motifs is 5. The van der Waals surface area contributed by atoms with Crippen LogP contribution in [0.5, 0.6) is 0 Å². The Morgan fingerprint density at radius 3 is 2.61 bits per heavy atom. The van der Waals surface area contributed by atoms with E-state index in [1.54, 1.807) is 0 Å². The first-order chi connectivity index (χ1) is 17.4. The number of anilines is 1. The van der Waals surface area contributed by atoms with Gasteiger partial charge >= 0.3 is 0 Å². The van der Waals surface area contributed by atoms with Gasteiger partial charge in [0, 0.05) is 30.8 Å². The molecule has 2 atom stereocenters. The first-order valence-corrected chi connectivity index (χ1v) is 14.1. The fourth-order valence-corrected chi connectivity index (χ4v) is 5.10. The lowest BCUT2D eigenvalue weighted by atomic mass is 10.0. The zero-order valence-corrected chi connectivity index (χ0v) is 23.4. The highest BCUT2D eigenvalue weighted by Crippen LogP contribution is 2.25. The average Bonchev–Trinajstić information content (AvgIpc) is 2.86. The van der Waals surface area contributed by atoms with Gasteiger partial charge in [0.2, 0.25) is 5.91 Å². The Morgan fingerprint density at radius 2 is 1.86 bits per heavy atom. The minimum Gasteiger partial charge on any atom is -0.358 e. The molecule has 2 aliphatic rings. The third-order valence-electron chi connectivity index (χ3n) is 6.09. The molecule has 1 fully saturated rings. The number of carbonyl (C=O) groups is 1. The summed E-state index contributed by atoms with van der Waals surface area (Å²) in [7, 11) is 0. The molecule has 1 amide bonds. The van der Waals surface area contributed by atoms with E-state index in [0.717, 1.165) is 47.9 Å². The highest BCUT2D eigenvalue weighted by Gasteiger charge is 2.33. The second-order valence-electron chi connectivity index (χ2n) is 9.61. The average molecular weight is 511 g/mol. The van der Waals surface area contributed by atoms with Gasteiger partial charge in [-0.15, -0.1) is 0 Å². The number of nitrogens with zero attached hydrogens (tertiary/aromatic N) is 4. The SMILES string of the molecule is CC.CC(C)/C=C\C=C/CSN1CCN2Cc3nc(c4ccccc4n3)N[C@@H](C(C)C)C(=O)NC2C1. The van der Waals surface area contributed by atoms with Crippen molar-refractivity contribution < 1.29 is 4.79 Å². The van der Waals surface area contributed by atoms with Gasteiger partial charge in [0.1, 0.15) is 17.7 Å². The first kappa shape index (κ1) is 28.2. The Hall–Kier alpha value is -2.42. The number of para-hydroxylation sites is 1. The molecular formula is C28H42N6OS. The van der Waals surface area contributed by atoms with Crippen molar-refractivity contribution in [2.24, 2.45) is 11.8 Å². The highest BCUT2D eigenvalue weighted by atomic mass is 32.2. The molecule has 0 radical (unpaired) electrons. The molecule has 1 saturated heterocycles. The van der Waals surface area contributed by atoms with Crippen molar-refractivity contribution >= 4 is 34.6 Å². The van der Waals surface area contributed by atoms with Crippen LogP contribution >= 0.6 is 11.9 Å². The maximum absolute atomic E-state index is 13.4. The van der Waals surface area contributed by atoms with E-state index in [0.29, 0.717) is 12.5 Å². The summed E-state index contributed by atoms with van der Waals surface area (Å²) in [6, 6.07) is 7.62. The minimum atomic E-state index is -0.371. The van der Waals surface area contributed by atoms with Crippen LogP contribution in [0.1, 0.15) is 47.4 Å². The lowest BCUT2D eigenvalue weighted by Gasteiger charge is -2.41. The standard InChI is InChI=1S/C26H36N6OS.C2H6/c1-18(2)10-6-5-9-15-34-32-14-13-31-16-22-27-21-12-8-7-11-20(21)25(28-22)30-24(19(3)4)26(33)29-23(31)17-32;1-2/h5-12,18-19,23-24H,13-17H2,1-4H3,(H,29,33)(H,27,28,30);1-2H3/b9-5-,10-6-;/t23?,24-;/m0./s1. The van der Waals surface area contributed by atoms with Gasteiger partial charge < -0.3 is 10.6 Å². The molecule has 0 spiro atoms. The van der Waals surface area contributed by atoms with E-state index >= 15 is 0 Å². The number of nitrogens with one attached hydrogen (secondary N) is 2. The predicted molar refractivity (Wildman–Crippen MR) is 153 cm³/mol. The summed E-state index contributed by atoms with van der Waals surface area (Å²) in [6.45, 7) is 15.6. The largest absolute Gasteiger partial charge is 0.358 e. The molecule has 2 aliphatic heterocycles. The van der Waals surface area contributed by atoms with Gasteiger partial charge in [-0.25, -0.2) is 14.3 Å². The number of piperazine rings is 1. The number of amides is 1. The van der Waals surface area contributed by atoms with E-state index in [2.05, 4.69) is 71.8 Å². The third kappa shape index (κ3) is 7.54. The molecular weight excluding hydrogens is 468 g/mol. The number of hydrogen-bond donors (Lipinski definition) is 2. The summed E-state index contributed by atoms with van der Waals surface area (Å²) in [5.41, 5.74) is 0.905. The van der Waals surface area contributed by atoms with Crippen LogP contribution in [0.3, 0.4) is 0 Å². The van der Waals surface area contributed by atoms with Gasteiger partial charge in [-0.3, -0.25) is 9.69 Å². The molecule has 2 aromatic rings. The van der Waals surface area contributed by atoms with Crippen molar-refractivity contribution in [3.8, 4) is 0 Å². The molecule has 4 rings (SSSR count). The van der Waals surface area contributed by atoms with Crippen molar-refractivity contribution in [3.05, 3.63) is 54.4 Å². The third-order valence-corrected chi connectivity index (χ3v) is 7.13. The molecule has 8 heteroatoms. The van der Waals surface area contributed by atoms with Crippen molar-refractivity contribution in [3.63, 3.8) is 0 Å². The Labute approximate surface area is 221 Å². The van der Waals surface area contributed by atoms with Crippen molar-refractivity contribution in [1.82, 2.24) is 24.5 Å². The smallest absolute Gasteiger partial charge is 0.244 e. The zero-order chi connectivity index (χ0) is 26.1. The topological polar surface area (TPSA) is 73.4 Å². The lowest BCUT2D eigenvalue weighted by molar-refractivity contribution is -0.125. The quantitative estimate of drug-likeness (QED) is 0.415. The van der Waals surface area contributed by atoms with E-state index in [9.17, 15) is 4.79 Å². The van der Waals surface area contributed by atoms with Crippen LogP contribution in [-0.4, -0.2) is 62.7 Å². The summed E-state index contributed by atoms with van der Waals surface area (Å²) in [6.07, 6.45) is 8.52. The zero-order valence-electron chi connectivity index (χ0n) is 22.6. The van der Waals surface area contributed by atoms with E-state index in [4.69, 9.17) is 9.97 Å². The molecule has 7 nitrogen and oxygen atoms in total. The molecule has 3 heterocycles. The fourth-order valence-electron chi connectivity index (χ4n) is 4.23. The number of carbonyl (C=O) groups excluding carboxylic acids is 1. The first-order valence-electron chi connectivity index (χ1n) is 13.2. The molecule has 0 saturated carbocycles. The minimum absolute atomic E-state index is 0.0155. The summed E-state index contributed by atoms with van der Waals surface area (Å²) < 4.78 is 2.36. The Kier molecular flexibility index (Phi) is 10.8. The summed E-state index contributed by atoms with van der Waals surface area (Å²) >= 11 is 1.81. The predicted octanol–water partition coefficient (Wildman–Crippen LogP) is 5.08. The Balaban J connectivity index is 0.00000176. The number of rotatable bonds is 6. The van der Waals surface area contributed by atoms with Gasteiger partial charge in [-0.1, -0.05) is 89.9 Å². The lowest BCUT2D eigenvalue weighted by Crippen LogP contribution is -2.61. The number of hydrogen-bond acceptors (Lipinski definition) is 7. The molecule has 36 heavy (non-hydrogen) atoms. The van der Waals surface area contributed by atoms with Gasteiger partial charge in [-0.05, 0) is 24.0 Å². The van der Waals surface area contributed by atoms with E-state index in [-0.39, 0.29) is 24.0 Å². The molecule has 1 unspecified atom stereocenters. The van der Waals surface area contributed by atoms with Crippen molar-refractivity contribution in [1.29, 1.82) is 0 Å². The summed E-state index contributed by atoms with van der Waals surface area (Å²) in [4.78, 5) is 25.3. The van der Waals surface area contributed by atoms with Crippen LogP contribution in [0, 0.1) is 11.8 Å². The summed E-state index contributed by atoms with van der Waals surface area (Å²) in [5.74, 6) is 3.13. The second-order valence-corrected chi connectivity index (χ2v) is 10.7. The van der Waals surface area contributed by atoms with Crippen molar-refractivity contribution in [2.45, 2.75) is 60.3 Å². The molecule has 196 valence electrons. The molecule has 0 aliphatic carbocycles. The van der Waals surface area contributed by atoms with Crippen molar-refractivity contribution in [2.75, 3.05) is 30.7 Å². The van der Waals surface area contributed by atoms with E-state index in [1.165, 1.54) is 0 Å². The normalized spacial score (nSPS) is 21.4. The van der Waals surface area contributed by atoms with Crippen LogP contribution in [-0.2, 0) is 11.3 Å². The monoisotopic (exact) mass is 510 g/mol. The number of aromatic nitrogens is 2. The molecule has 2 N–H and O–H groups in total. The van der Waals surface area contributed by atoms with E-state index in [1.807, 2.05) is 50.1 Å². The van der Waals surface area contributed by atoms with Crippen LogP contribution in [0.25, 0.3) is 10.9 Å². The molecule has 1 aromatic carbocycles. The maximum Gasteiger partial charge on any atom is 0.244 e. The highest BCUT2D eigenvalue weighted by molar-refractivity contribution is 7.97. The van der Waals surface area contributed by atoms with Gasteiger partial charge in [-0.2, -0.15) is 0 Å². The van der Waals surface area contributed by atoms with Crippen LogP contribution in [0.4, 0.5) is 5.82 Å². The van der Waals surface area contributed by atoms with E-state index < -0.39 is 0 Å². The Morgan fingerprint density at radius 1 is 1.08 bits per heavy atom. The number of allylic oxidation sites excluding steroid dienone is 3. The van der Waals surface area contributed by atoms with Gasteiger partial charge in [0.05, 0.1) is 18.2 Å². The summed E-state index contributed by atoms with van der Waals surface area (Å²) in [5, 5.41) is 7.69. The van der Waals surface area contributed by atoms with Crippen LogP contribution in [0.15, 0.2) is 48.6 Å². The second kappa shape index (κ2) is 13.8. The van der Waals surface area contributed by atoms with Gasteiger partial charge in [0.25, 0.3) is 0 Å².